The zero-order chi connectivity index (χ0) is 14.8. The number of ether oxygens (including phenoxy) is 1. The topological polar surface area (TPSA) is 71.5 Å². The molecule has 2 aromatic rings. The van der Waals surface area contributed by atoms with Crippen molar-refractivity contribution in [3.8, 4) is 5.75 Å². The first-order valence-electron chi connectivity index (χ1n) is 7.10. The van der Waals surface area contributed by atoms with Crippen LogP contribution in [0.4, 0.5) is 5.82 Å². The number of hydrogen-bond acceptors (Lipinski definition) is 4. The smallest absolute Gasteiger partial charge is 0.306 e. The van der Waals surface area contributed by atoms with E-state index in [1.165, 1.54) is 0 Å². The van der Waals surface area contributed by atoms with Crippen molar-refractivity contribution in [2.75, 3.05) is 12.4 Å². The molecule has 0 amide bonds. The summed E-state index contributed by atoms with van der Waals surface area (Å²) >= 11 is 0. The molecule has 1 aromatic carbocycles. The van der Waals surface area contributed by atoms with Crippen molar-refractivity contribution in [3.05, 3.63) is 30.5 Å². The van der Waals surface area contributed by atoms with E-state index in [0.29, 0.717) is 6.42 Å². The molecule has 1 heterocycles. The number of nitrogens with zero attached hydrogens (tertiary/aromatic N) is 1. The molecule has 1 aliphatic carbocycles. The average molecular weight is 286 g/mol. The summed E-state index contributed by atoms with van der Waals surface area (Å²) < 4.78 is 5.37. The third-order valence-corrected chi connectivity index (χ3v) is 4.11. The highest BCUT2D eigenvalue weighted by Crippen LogP contribution is 2.32. The zero-order valence-electron chi connectivity index (χ0n) is 11.9. The molecule has 110 valence electrons. The standard InChI is InChI=1S/C16H18N2O3/c1-21-14-4-2-3-13-12(14)7-8-17-15(13)18-11-6-5-10(9-11)16(19)20/h2-4,7-8,10-11H,5-6,9H2,1H3,(H,17,18)(H,19,20). The Labute approximate surface area is 123 Å². The monoisotopic (exact) mass is 286 g/mol. The largest absolute Gasteiger partial charge is 0.496 e. The van der Waals surface area contributed by atoms with E-state index in [-0.39, 0.29) is 12.0 Å². The van der Waals surface area contributed by atoms with E-state index < -0.39 is 5.97 Å². The molecule has 5 nitrogen and oxygen atoms in total. The SMILES string of the molecule is COc1cccc2c(NC3CCC(C(=O)O)C3)nccc12. The molecular weight excluding hydrogens is 268 g/mol. The minimum absolute atomic E-state index is 0.162. The molecule has 0 spiro atoms. The van der Waals surface area contributed by atoms with Crippen molar-refractivity contribution in [3.63, 3.8) is 0 Å². The molecule has 5 heteroatoms. The average Bonchev–Trinajstić information content (AvgIpc) is 2.96. The summed E-state index contributed by atoms with van der Waals surface area (Å²) in [6.07, 6.45) is 3.98. The summed E-state index contributed by atoms with van der Waals surface area (Å²) in [5, 5.41) is 14.5. The van der Waals surface area contributed by atoms with Gasteiger partial charge in [0.05, 0.1) is 13.0 Å². The number of carbonyl (C=O) groups is 1. The number of carboxylic acid groups (broad SMARTS) is 1. The van der Waals surface area contributed by atoms with Crippen LogP contribution in [0.15, 0.2) is 30.5 Å². The molecule has 0 radical (unpaired) electrons. The van der Waals surface area contributed by atoms with Gasteiger partial charge in [0, 0.05) is 23.0 Å². The van der Waals surface area contributed by atoms with Gasteiger partial charge in [0.15, 0.2) is 0 Å². The van der Waals surface area contributed by atoms with Crippen LogP contribution in [0.25, 0.3) is 10.8 Å². The van der Waals surface area contributed by atoms with Crippen LogP contribution in [-0.2, 0) is 4.79 Å². The van der Waals surface area contributed by atoms with Crippen LogP contribution >= 0.6 is 0 Å². The number of rotatable bonds is 4. The van der Waals surface area contributed by atoms with Gasteiger partial charge in [0.2, 0.25) is 0 Å². The Bertz CT molecular complexity index is 672. The van der Waals surface area contributed by atoms with E-state index in [1.807, 2.05) is 24.3 Å². The van der Waals surface area contributed by atoms with Crippen molar-refractivity contribution >= 4 is 22.6 Å². The third kappa shape index (κ3) is 2.63. The Kier molecular flexibility index (Phi) is 3.64. The van der Waals surface area contributed by atoms with Crippen LogP contribution in [-0.4, -0.2) is 29.2 Å². The van der Waals surface area contributed by atoms with E-state index in [9.17, 15) is 4.79 Å². The quantitative estimate of drug-likeness (QED) is 0.904. The van der Waals surface area contributed by atoms with Crippen molar-refractivity contribution in [1.82, 2.24) is 4.98 Å². The summed E-state index contributed by atoms with van der Waals surface area (Å²) in [4.78, 5) is 15.4. The number of methoxy groups -OCH3 is 1. The van der Waals surface area contributed by atoms with Gasteiger partial charge >= 0.3 is 5.97 Å². The molecule has 2 atom stereocenters. The highest BCUT2D eigenvalue weighted by molar-refractivity contribution is 5.95. The number of fused-ring (bicyclic) bond motifs is 1. The maximum absolute atomic E-state index is 11.0. The normalized spacial score (nSPS) is 21.4. The summed E-state index contributed by atoms with van der Waals surface area (Å²) in [5.41, 5.74) is 0. The lowest BCUT2D eigenvalue weighted by molar-refractivity contribution is -0.141. The zero-order valence-corrected chi connectivity index (χ0v) is 11.9. The number of pyridine rings is 1. The van der Waals surface area contributed by atoms with Crippen molar-refractivity contribution in [2.24, 2.45) is 5.92 Å². The van der Waals surface area contributed by atoms with Gasteiger partial charge in [-0.15, -0.1) is 0 Å². The lowest BCUT2D eigenvalue weighted by Gasteiger charge is -2.15. The van der Waals surface area contributed by atoms with Gasteiger partial charge in [-0.25, -0.2) is 4.98 Å². The minimum atomic E-state index is -0.702. The van der Waals surface area contributed by atoms with Gasteiger partial charge in [0.25, 0.3) is 0 Å². The van der Waals surface area contributed by atoms with Gasteiger partial charge in [-0.2, -0.15) is 0 Å². The predicted molar refractivity (Wildman–Crippen MR) is 80.7 cm³/mol. The molecule has 1 aliphatic rings. The van der Waals surface area contributed by atoms with Gasteiger partial charge in [-0.1, -0.05) is 12.1 Å². The Morgan fingerprint density at radius 1 is 1.33 bits per heavy atom. The fourth-order valence-electron chi connectivity index (χ4n) is 3.00. The second-order valence-electron chi connectivity index (χ2n) is 5.40. The van der Waals surface area contributed by atoms with E-state index in [4.69, 9.17) is 9.84 Å². The molecule has 0 saturated heterocycles. The van der Waals surface area contributed by atoms with Gasteiger partial charge in [-0.05, 0) is 31.4 Å². The predicted octanol–water partition coefficient (Wildman–Crippen LogP) is 2.91. The highest BCUT2D eigenvalue weighted by Gasteiger charge is 2.30. The molecule has 0 aliphatic heterocycles. The van der Waals surface area contributed by atoms with Crippen LogP contribution < -0.4 is 10.1 Å². The first-order chi connectivity index (χ1) is 10.2. The Morgan fingerprint density at radius 2 is 2.19 bits per heavy atom. The molecule has 1 saturated carbocycles. The molecule has 1 aromatic heterocycles. The van der Waals surface area contributed by atoms with Gasteiger partial charge < -0.3 is 15.2 Å². The molecule has 1 fully saturated rings. The fourth-order valence-corrected chi connectivity index (χ4v) is 3.00. The third-order valence-electron chi connectivity index (χ3n) is 4.11. The van der Waals surface area contributed by atoms with Crippen LogP contribution in [0.2, 0.25) is 0 Å². The first kappa shape index (κ1) is 13.7. The molecular formula is C16H18N2O3. The first-order valence-corrected chi connectivity index (χ1v) is 7.10. The molecule has 21 heavy (non-hydrogen) atoms. The summed E-state index contributed by atoms with van der Waals surface area (Å²) in [7, 11) is 1.65. The summed E-state index contributed by atoms with van der Waals surface area (Å²) in [6, 6.07) is 7.94. The number of aliphatic carboxylic acids is 1. The molecule has 0 bridgehead atoms. The number of benzene rings is 1. The maximum Gasteiger partial charge on any atom is 0.306 e. The molecule has 3 rings (SSSR count). The number of nitrogens with one attached hydrogen (secondary N) is 1. The van der Waals surface area contributed by atoms with Crippen LogP contribution in [0.3, 0.4) is 0 Å². The second-order valence-corrected chi connectivity index (χ2v) is 5.40. The highest BCUT2D eigenvalue weighted by atomic mass is 16.5. The minimum Gasteiger partial charge on any atom is -0.496 e. The Balaban J connectivity index is 1.86. The second kappa shape index (κ2) is 5.60. The number of carboxylic acids is 1. The van der Waals surface area contributed by atoms with Crippen molar-refractivity contribution in [1.29, 1.82) is 0 Å². The number of aromatic nitrogens is 1. The Morgan fingerprint density at radius 3 is 2.90 bits per heavy atom. The summed E-state index contributed by atoms with van der Waals surface area (Å²) in [5.74, 6) is 0.661. The van der Waals surface area contributed by atoms with E-state index >= 15 is 0 Å². The molecule has 2 N–H and O–H groups in total. The van der Waals surface area contributed by atoms with Crippen LogP contribution in [0, 0.1) is 5.92 Å². The number of hydrogen-bond donors (Lipinski definition) is 2. The van der Waals surface area contributed by atoms with Crippen molar-refractivity contribution < 1.29 is 14.6 Å². The van der Waals surface area contributed by atoms with Gasteiger partial charge in [0.1, 0.15) is 11.6 Å². The van der Waals surface area contributed by atoms with E-state index in [1.54, 1.807) is 13.3 Å². The summed E-state index contributed by atoms with van der Waals surface area (Å²) in [6.45, 7) is 0. The van der Waals surface area contributed by atoms with Crippen LogP contribution in [0.1, 0.15) is 19.3 Å². The fraction of sp³-hybridized carbons (Fsp3) is 0.375. The van der Waals surface area contributed by atoms with Crippen molar-refractivity contribution in [2.45, 2.75) is 25.3 Å². The number of anilines is 1. The van der Waals surface area contributed by atoms with Gasteiger partial charge in [-0.3, -0.25) is 4.79 Å². The molecule has 2 unspecified atom stereocenters. The van der Waals surface area contributed by atoms with E-state index in [0.717, 1.165) is 35.2 Å². The Hall–Kier alpha value is -2.30. The van der Waals surface area contributed by atoms with Crippen LogP contribution in [0.5, 0.6) is 5.75 Å². The lowest BCUT2D eigenvalue weighted by atomic mass is 10.1. The lowest BCUT2D eigenvalue weighted by Crippen LogP contribution is -2.18. The van der Waals surface area contributed by atoms with E-state index in [2.05, 4.69) is 10.3 Å². The maximum atomic E-state index is 11.0.